The molecule has 0 saturated carbocycles. The molecule has 0 amide bonds. The Morgan fingerprint density at radius 3 is 2.09 bits per heavy atom. The lowest BCUT2D eigenvalue weighted by Gasteiger charge is -2.50. The van der Waals surface area contributed by atoms with Gasteiger partial charge >= 0.3 is 5.97 Å². The van der Waals surface area contributed by atoms with Gasteiger partial charge in [0.15, 0.2) is 17.5 Å². The van der Waals surface area contributed by atoms with E-state index in [1.165, 1.54) is 12.2 Å². The summed E-state index contributed by atoms with van der Waals surface area (Å²) in [5.74, 6) is -5.29. The molecule has 1 aromatic rings. The van der Waals surface area contributed by atoms with Crippen molar-refractivity contribution in [1.82, 2.24) is 0 Å². The molecule has 0 atom stereocenters. The third-order valence-corrected chi connectivity index (χ3v) is 4.01. The van der Waals surface area contributed by atoms with E-state index in [0.29, 0.717) is 19.8 Å². The van der Waals surface area contributed by atoms with E-state index in [2.05, 4.69) is 6.92 Å². The molecule has 120 valence electrons. The normalized spacial score (nSPS) is 31.1. The molecule has 3 aliphatic heterocycles. The van der Waals surface area contributed by atoms with Gasteiger partial charge in [0.1, 0.15) is 0 Å². The summed E-state index contributed by atoms with van der Waals surface area (Å²) in [6.07, 6.45) is 4.80. The highest BCUT2D eigenvalue weighted by atomic mass is 19.2. The van der Waals surface area contributed by atoms with Crippen LogP contribution in [0.4, 0.5) is 13.2 Å². The fourth-order valence-corrected chi connectivity index (χ4v) is 2.77. The first-order chi connectivity index (χ1) is 10.5. The van der Waals surface area contributed by atoms with Crippen LogP contribution in [0, 0.1) is 22.9 Å². The van der Waals surface area contributed by atoms with Crippen LogP contribution in [0.5, 0.6) is 0 Å². The molecule has 22 heavy (non-hydrogen) atoms. The maximum Gasteiger partial charge on any atom is 0.305 e. The molecule has 1 aromatic carbocycles. The zero-order chi connectivity index (χ0) is 15.8. The largest absolute Gasteiger partial charge is 0.323 e. The highest BCUT2D eigenvalue weighted by molar-refractivity contribution is 5.50. The number of hydrogen-bond acceptors (Lipinski definition) is 3. The van der Waals surface area contributed by atoms with Crippen LogP contribution in [0.3, 0.4) is 0 Å². The van der Waals surface area contributed by atoms with E-state index >= 15 is 0 Å². The molecule has 0 spiro atoms. The van der Waals surface area contributed by atoms with Crippen LogP contribution in [0.2, 0.25) is 0 Å². The number of hydrogen-bond donors (Lipinski definition) is 0. The quantitative estimate of drug-likeness (QED) is 0.794. The number of halogens is 3. The van der Waals surface area contributed by atoms with Crippen molar-refractivity contribution in [1.29, 1.82) is 0 Å². The van der Waals surface area contributed by atoms with Crippen molar-refractivity contribution in [2.75, 3.05) is 19.8 Å². The summed E-state index contributed by atoms with van der Waals surface area (Å²) < 4.78 is 56.2. The van der Waals surface area contributed by atoms with Gasteiger partial charge in [-0.3, -0.25) is 0 Å². The molecule has 3 saturated heterocycles. The minimum Gasteiger partial charge on any atom is -0.323 e. The van der Waals surface area contributed by atoms with Crippen molar-refractivity contribution in [3.63, 3.8) is 0 Å². The Morgan fingerprint density at radius 1 is 1.05 bits per heavy atom. The number of rotatable bonds is 4. The lowest BCUT2D eigenvalue weighted by atomic mass is 9.84. The second kappa shape index (κ2) is 5.68. The van der Waals surface area contributed by atoms with Crippen molar-refractivity contribution in [3.8, 4) is 0 Å². The zero-order valence-corrected chi connectivity index (χ0v) is 12.2. The van der Waals surface area contributed by atoms with Gasteiger partial charge in [-0.05, 0) is 24.1 Å². The zero-order valence-electron chi connectivity index (χ0n) is 12.2. The predicted molar refractivity (Wildman–Crippen MR) is 73.3 cm³/mol. The highest BCUT2D eigenvalue weighted by Gasteiger charge is 2.50. The molecule has 3 heterocycles. The second-order valence-corrected chi connectivity index (χ2v) is 5.85. The standard InChI is InChI=1S/C16H17F3O3/c1-2-4-15-8-20-16(21-9-15,22-10-15)5-3-11-6-12(17)14(19)13(18)7-11/h3,5-7H,2,4,8-10H2,1H3/b5-3+. The molecule has 3 nitrogen and oxygen atoms in total. The summed E-state index contributed by atoms with van der Waals surface area (Å²) in [4.78, 5) is 0. The Hall–Kier alpha value is -1.37. The molecule has 2 bridgehead atoms. The first-order valence-corrected chi connectivity index (χ1v) is 7.23. The first kappa shape index (κ1) is 15.5. The van der Waals surface area contributed by atoms with Crippen LogP contribution < -0.4 is 0 Å². The van der Waals surface area contributed by atoms with E-state index in [4.69, 9.17) is 14.2 Å². The molecule has 0 aromatic heterocycles. The van der Waals surface area contributed by atoms with Crippen molar-refractivity contribution < 1.29 is 27.4 Å². The summed E-state index contributed by atoms with van der Waals surface area (Å²) in [5.41, 5.74) is 0.0517. The molecule has 3 aliphatic rings. The van der Waals surface area contributed by atoms with Gasteiger partial charge < -0.3 is 14.2 Å². The lowest BCUT2D eigenvalue weighted by molar-refractivity contribution is -0.444. The van der Waals surface area contributed by atoms with E-state index in [0.717, 1.165) is 25.0 Å². The minimum atomic E-state index is -1.49. The van der Waals surface area contributed by atoms with Gasteiger partial charge in [-0.15, -0.1) is 0 Å². The van der Waals surface area contributed by atoms with Gasteiger partial charge in [0.05, 0.1) is 19.8 Å². The molecule has 0 aliphatic carbocycles. The van der Waals surface area contributed by atoms with Gasteiger partial charge in [-0.2, -0.15) is 0 Å². The molecular weight excluding hydrogens is 297 g/mol. The molecular formula is C16H17F3O3. The predicted octanol–water partition coefficient (Wildman–Crippen LogP) is 3.63. The van der Waals surface area contributed by atoms with Crippen LogP contribution in [-0.4, -0.2) is 25.8 Å². The number of fused-ring (bicyclic) bond motifs is 3. The molecule has 0 unspecified atom stereocenters. The smallest absolute Gasteiger partial charge is 0.305 e. The summed E-state index contributed by atoms with van der Waals surface area (Å²) in [5, 5.41) is 0. The Kier molecular flexibility index (Phi) is 4.01. The number of benzene rings is 1. The third kappa shape index (κ3) is 2.78. The first-order valence-electron chi connectivity index (χ1n) is 7.23. The van der Waals surface area contributed by atoms with E-state index in [9.17, 15) is 13.2 Å². The van der Waals surface area contributed by atoms with Gasteiger partial charge in [-0.1, -0.05) is 19.4 Å². The minimum absolute atomic E-state index is 0.113. The van der Waals surface area contributed by atoms with E-state index in [1.807, 2.05) is 0 Å². The van der Waals surface area contributed by atoms with Crippen LogP contribution in [0.1, 0.15) is 25.3 Å². The Balaban J connectivity index is 1.74. The molecule has 0 N–H and O–H groups in total. The third-order valence-electron chi connectivity index (χ3n) is 4.01. The SMILES string of the molecule is CCCC12COC(/C=C/c3cc(F)c(F)c(F)c3)(OC1)OC2. The second-order valence-electron chi connectivity index (χ2n) is 5.85. The lowest BCUT2D eigenvalue weighted by Crippen LogP contribution is -2.59. The van der Waals surface area contributed by atoms with Gasteiger partial charge in [0.2, 0.25) is 0 Å². The molecule has 6 heteroatoms. The van der Waals surface area contributed by atoms with E-state index < -0.39 is 23.4 Å². The fraction of sp³-hybridized carbons (Fsp3) is 0.500. The van der Waals surface area contributed by atoms with Crippen molar-refractivity contribution in [3.05, 3.63) is 41.2 Å². The topological polar surface area (TPSA) is 27.7 Å². The van der Waals surface area contributed by atoms with E-state index in [1.54, 1.807) is 0 Å². The molecule has 0 radical (unpaired) electrons. The van der Waals surface area contributed by atoms with E-state index in [-0.39, 0.29) is 11.0 Å². The number of ether oxygens (including phenoxy) is 3. The van der Waals surface area contributed by atoms with Crippen LogP contribution >= 0.6 is 0 Å². The Morgan fingerprint density at radius 2 is 1.59 bits per heavy atom. The van der Waals surface area contributed by atoms with Crippen molar-refractivity contribution >= 4 is 6.08 Å². The molecule has 3 fully saturated rings. The summed E-state index contributed by atoms with van der Waals surface area (Å²) in [6.45, 7) is 3.62. The fourth-order valence-electron chi connectivity index (χ4n) is 2.77. The average molecular weight is 314 g/mol. The van der Waals surface area contributed by atoms with Crippen LogP contribution in [-0.2, 0) is 14.2 Å². The van der Waals surface area contributed by atoms with Gasteiger partial charge in [0, 0.05) is 11.5 Å². The summed E-state index contributed by atoms with van der Waals surface area (Å²) in [6, 6.07) is 1.80. The monoisotopic (exact) mass is 314 g/mol. The summed E-state index contributed by atoms with van der Waals surface area (Å²) >= 11 is 0. The average Bonchev–Trinajstić information content (AvgIpc) is 2.53. The van der Waals surface area contributed by atoms with Gasteiger partial charge in [0.25, 0.3) is 0 Å². The van der Waals surface area contributed by atoms with Crippen LogP contribution in [0.25, 0.3) is 6.08 Å². The summed E-state index contributed by atoms with van der Waals surface area (Å²) in [7, 11) is 0. The highest BCUT2D eigenvalue weighted by Crippen LogP contribution is 2.42. The van der Waals surface area contributed by atoms with Crippen molar-refractivity contribution in [2.45, 2.75) is 25.7 Å². The Bertz CT molecular complexity index is 553. The van der Waals surface area contributed by atoms with Gasteiger partial charge in [-0.25, -0.2) is 13.2 Å². The van der Waals surface area contributed by atoms with Crippen molar-refractivity contribution in [2.24, 2.45) is 5.41 Å². The maximum absolute atomic E-state index is 13.2. The Labute approximate surface area is 126 Å². The molecule has 4 rings (SSSR count). The maximum atomic E-state index is 13.2. The van der Waals surface area contributed by atoms with Crippen LogP contribution in [0.15, 0.2) is 18.2 Å².